The minimum absolute atomic E-state index is 0.0756. The third-order valence-electron chi connectivity index (χ3n) is 3.06. The SMILES string of the molecule is CCCNCc1ccc(CS(=O)(=O)NC2CC2)cc1. The molecular weight excluding hydrogens is 260 g/mol. The highest BCUT2D eigenvalue weighted by atomic mass is 32.2. The Kier molecular flexibility index (Phi) is 4.96. The molecule has 0 radical (unpaired) electrons. The lowest BCUT2D eigenvalue weighted by Gasteiger charge is -2.07. The van der Waals surface area contributed by atoms with Crippen molar-refractivity contribution in [2.24, 2.45) is 0 Å². The predicted octanol–water partition coefficient (Wildman–Crippen LogP) is 1.77. The van der Waals surface area contributed by atoms with Crippen LogP contribution in [0.4, 0.5) is 0 Å². The van der Waals surface area contributed by atoms with E-state index in [1.165, 1.54) is 5.56 Å². The fraction of sp³-hybridized carbons (Fsp3) is 0.571. The van der Waals surface area contributed by atoms with E-state index < -0.39 is 10.0 Å². The molecule has 0 unspecified atom stereocenters. The zero-order valence-corrected chi connectivity index (χ0v) is 12.2. The molecule has 2 N–H and O–H groups in total. The second kappa shape index (κ2) is 6.50. The van der Waals surface area contributed by atoms with Crippen LogP contribution < -0.4 is 10.0 Å². The fourth-order valence-corrected chi connectivity index (χ4v) is 3.34. The average Bonchev–Trinajstić information content (AvgIpc) is 3.14. The highest BCUT2D eigenvalue weighted by Crippen LogP contribution is 2.20. The van der Waals surface area contributed by atoms with E-state index in [-0.39, 0.29) is 11.8 Å². The van der Waals surface area contributed by atoms with Crippen molar-refractivity contribution in [3.63, 3.8) is 0 Å². The van der Waals surface area contributed by atoms with Gasteiger partial charge in [-0.05, 0) is 36.9 Å². The van der Waals surface area contributed by atoms with Crippen LogP contribution >= 0.6 is 0 Å². The monoisotopic (exact) mass is 282 g/mol. The summed E-state index contributed by atoms with van der Waals surface area (Å²) in [5.74, 6) is 0.0756. The van der Waals surface area contributed by atoms with Gasteiger partial charge in [-0.1, -0.05) is 31.2 Å². The number of hydrogen-bond donors (Lipinski definition) is 2. The first-order valence-electron chi connectivity index (χ1n) is 6.87. The minimum atomic E-state index is -3.17. The summed E-state index contributed by atoms with van der Waals surface area (Å²) in [7, 11) is -3.17. The van der Waals surface area contributed by atoms with Crippen molar-refractivity contribution in [1.29, 1.82) is 0 Å². The number of sulfonamides is 1. The molecule has 0 aromatic heterocycles. The van der Waals surface area contributed by atoms with Crippen molar-refractivity contribution in [2.45, 2.75) is 44.5 Å². The maximum atomic E-state index is 11.8. The van der Waals surface area contributed by atoms with Gasteiger partial charge >= 0.3 is 0 Å². The van der Waals surface area contributed by atoms with Gasteiger partial charge in [0, 0.05) is 12.6 Å². The van der Waals surface area contributed by atoms with Gasteiger partial charge in [0.15, 0.2) is 0 Å². The van der Waals surface area contributed by atoms with Gasteiger partial charge in [0.25, 0.3) is 0 Å². The summed E-state index contributed by atoms with van der Waals surface area (Å²) >= 11 is 0. The van der Waals surface area contributed by atoms with E-state index in [2.05, 4.69) is 17.0 Å². The Balaban J connectivity index is 1.87. The molecule has 19 heavy (non-hydrogen) atoms. The second-order valence-electron chi connectivity index (χ2n) is 5.14. The van der Waals surface area contributed by atoms with Crippen LogP contribution in [-0.2, 0) is 22.3 Å². The van der Waals surface area contributed by atoms with Crippen molar-refractivity contribution in [3.05, 3.63) is 35.4 Å². The first-order valence-corrected chi connectivity index (χ1v) is 8.53. The molecule has 5 heteroatoms. The van der Waals surface area contributed by atoms with Crippen LogP contribution in [0.1, 0.15) is 37.3 Å². The molecular formula is C14H22N2O2S. The van der Waals surface area contributed by atoms with Gasteiger partial charge in [0.2, 0.25) is 10.0 Å². The van der Waals surface area contributed by atoms with Crippen LogP contribution in [0, 0.1) is 0 Å². The van der Waals surface area contributed by atoms with E-state index in [1.807, 2.05) is 24.3 Å². The van der Waals surface area contributed by atoms with E-state index in [0.29, 0.717) is 0 Å². The number of nitrogens with one attached hydrogen (secondary N) is 2. The number of hydrogen-bond acceptors (Lipinski definition) is 3. The van der Waals surface area contributed by atoms with Crippen molar-refractivity contribution < 1.29 is 8.42 Å². The molecule has 0 aliphatic heterocycles. The zero-order valence-electron chi connectivity index (χ0n) is 11.4. The van der Waals surface area contributed by atoms with Crippen LogP contribution in [0.15, 0.2) is 24.3 Å². The summed E-state index contributed by atoms with van der Waals surface area (Å²) < 4.78 is 26.3. The van der Waals surface area contributed by atoms with E-state index in [9.17, 15) is 8.42 Å². The normalized spacial score (nSPS) is 15.6. The molecule has 1 aromatic rings. The molecule has 4 nitrogen and oxygen atoms in total. The van der Waals surface area contributed by atoms with Crippen molar-refractivity contribution in [3.8, 4) is 0 Å². The van der Waals surface area contributed by atoms with E-state index in [0.717, 1.165) is 37.9 Å². The van der Waals surface area contributed by atoms with Crippen molar-refractivity contribution in [1.82, 2.24) is 10.0 Å². The lowest BCUT2D eigenvalue weighted by atomic mass is 10.1. The first-order chi connectivity index (χ1) is 9.09. The minimum Gasteiger partial charge on any atom is -0.313 e. The summed E-state index contributed by atoms with van der Waals surface area (Å²) in [5, 5.41) is 3.32. The van der Waals surface area contributed by atoms with Crippen molar-refractivity contribution in [2.75, 3.05) is 6.54 Å². The molecule has 1 aromatic carbocycles. The van der Waals surface area contributed by atoms with E-state index >= 15 is 0 Å². The van der Waals surface area contributed by atoms with E-state index in [1.54, 1.807) is 0 Å². The van der Waals surface area contributed by atoms with Gasteiger partial charge < -0.3 is 5.32 Å². The lowest BCUT2D eigenvalue weighted by molar-refractivity contribution is 0.580. The average molecular weight is 282 g/mol. The Bertz CT molecular complexity index is 493. The van der Waals surface area contributed by atoms with Gasteiger partial charge in [-0.3, -0.25) is 0 Å². The second-order valence-corrected chi connectivity index (χ2v) is 6.90. The molecule has 0 spiro atoms. The highest BCUT2D eigenvalue weighted by Gasteiger charge is 2.26. The third-order valence-corrected chi connectivity index (χ3v) is 4.46. The molecule has 0 saturated heterocycles. The van der Waals surface area contributed by atoms with Gasteiger partial charge in [0.1, 0.15) is 0 Å². The lowest BCUT2D eigenvalue weighted by Crippen LogP contribution is -2.27. The molecule has 106 valence electrons. The summed E-state index contributed by atoms with van der Waals surface area (Å²) in [6, 6.07) is 7.96. The maximum absolute atomic E-state index is 11.8. The standard InChI is InChI=1S/C14H22N2O2S/c1-2-9-15-10-12-3-5-13(6-4-12)11-19(17,18)16-14-7-8-14/h3-6,14-16H,2,7-11H2,1H3. The highest BCUT2D eigenvalue weighted by molar-refractivity contribution is 7.88. The topological polar surface area (TPSA) is 58.2 Å². The van der Waals surface area contributed by atoms with Crippen molar-refractivity contribution >= 4 is 10.0 Å². The molecule has 1 aliphatic rings. The largest absolute Gasteiger partial charge is 0.313 e. The zero-order chi connectivity index (χ0) is 13.7. The number of benzene rings is 1. The van der Waals surface area contributed by atoms with Crippen LogP contribution in [0.3, 0.4) is 0 Å². The quantitative estimate of drug-likeness (QED) is 0.714. The number of rotatable bonds is 8. The third kappa shape index (κ3) is 5.30. The van der Waals surface area contributed by atoms with Crippen LogP contribution in [-0.4, -0.2) is 21.0 Å². The van der Waals surface area contributed by atoms with E-state index in [4.69, 9.17) is 0 Å². The Hall–Kier alpha value is -0.910. The molecule has 0 atom stereocenters. The summed E-state index contributed by atoms with van der Waals surface area (Å²) in [6.45, 7) is 3.97. The van der Waals surface area contributed by atoms with Gasteiger partial charge in [0.05, 0.1) is 5.75 Å². The summed E-state index contributed by atoms with van der Waals surface area (Å²) in [4.78, 5) is 0. The summed E-state index contributed by atoms with van der Waals surface area (Å²) in [6.07, 6.45) is 3.06. The van der Waals surface area contributed by atoms with Crippen LogP contribution in [0.25, 0.3) is 0 Å². The molecule has 1 aliphatic carbocycles. The van der Waals surface area contributed by atoms with Crippen LogP contribution in [0.2, 0.25) is 0 Å². The molecule has 1 saturated carbocycles. The van der Waals surface area contributed by atoms with Gasteiger partial charge in [-0.25, -0.2) is 13.1 Å². The fourth-order valence-electron chi connectivity index (χ4n) is 1.88. The summed E-state index contributed by atoms with van der Waals surface area (Å²) in [5.41, 5.74) is 2.03. The Morgan fingerprint density at radius 2 is 1.79 bits per heavy atom. The van der Waals surface area contributed by atoms with Gasteiger partial charge in [-0.15, -0.1) is 0 Å². The Morgan fingerprint density at radius 1 is 1.16 bits per heavy atom. The smallest absolute Gasteiger partial charge is 0.216 e. The molecule has 2 rings (SSSR count). The molecule has 0 heterocycles. The van der Waals surface area contributed by atoms with Gasteiger partial charge in [-0.2, -0.15) is 0 Å². The molecule has 0 bridgehead atoms. The first kappa shape index (κ1) is 14.5. The molecule has 0 amide bonds. The maximum Gasteiger partial charge on any atom is 0.216 e. The van der Waals surface area contributed by atoms with Crippen LogP contribution in [0.5, 0.6) is 0 Å². The predicted molar refractivity (Wildman–Crippen MR) is 77.2 cm³/mol. The Morgan fingerprint density at radius 3 is 2.37 bits per heavy atom. The Labute approximate surface area is 115 Å². The molecule has 1 fully saturated rings.